The molecule has 9 heteroatoms. The van der Waals surface area contributed by atoms with Crippen molar-refractivity contribution in [2.75, 3.05) is 43.9 Å². The van der Waals surface area contributed by atoms with E-state index in [1.807, 2.05) is 85.5 Å². The zero-order valence-corrected chi connectivity index (χ0v) is 21.1. The van der Waals surface area contributed by atoms with Crippen molar-refractivity contribution >= 4 is 29.1 Å². The zero-order chi connectivity index (χ0) is 26.4. The third kappa shape index (κ3) is 6.16. The second-order valence-corrected chi connectivity index (χ2v) is 9.04. The number of piperazine rings is 1. The van der Waals surface area contributed by atoms with Gasteiger partial charge in [-0.1, -0.05) is 30.3 Å². The Hall–Kier alpha value is -4.58. The molecule has 1 fully saturated rings. The second kappa shape index (κ2) is 11.4. The van der Waals surface area contributed by atoms with Gasteiger partial charge in [-0.2, -0.15) is 5.26 Å². The Kier molecular flexibility index (Phi) is 7.89. The minimum Gasteiger partial charge on any atom is -0.378 e. The van der Waals surface area contributed by atoms with Gasteiger partial charge in [0, 0.05) is 45.1 Å². The molecule has 1 heterocycles. The third-order valence-electron chi connectivity index (χ3n) is 6.34. The van der Waals surface area contributed by atoms with E-state index in [0.717, 1.165) is 22.5 Å². The Morgan fingerprint density at radius 1 is 1.05 bits per heavy atom. The first kappa shape index (κ1) is 25.5. The van der Waals surface area contributed by atoms with Crippen LogP contribution in [0.4, 0.5) is 26.2 Å². The fraction of sp³-hybridized carbons (Fsp3) is 0.250. The molecule has 1 unspecified atom stereocenters. The number of para-hydroxylation sites is 1. The molecule has 0 radical (unpaired) electrons. The van der Waals surface area contributed by atoms with Gasteiger partial charge >= 0.3 is 6.03 Å². The van der Waals surface area contributed by atoms with E-state index in [1.54, 1.807) is 17.0 Å². The first-order valence-electron chi connectivity index (χ1n) is 12.0. The van der Waals surface area contributed by atoms with Crippen molar-refractivity contribution in [3.63, 3.8) is 0 Å². The van der Waals surface area contributed by atoms with Crippen molar-refractivity contribution in [2.45, 2.75) is 13.0 Å². The van der Waals surface area contributed by atoms with E-state index < -0.39 is 6.04 Å². The average Bonchev–Trinajstić information content (AvgIpc) is 2.90. The Morgan fingerprint density at radius 3 is 2.41 bits per heavy atom. The molecule has 37 heavy (non-hydrogen) atoms. The van der Waals surface area contributed by atoms with Crippen LogP contribution in [-0.2, 0) is 0 Å². The molecule has 4 rings (SSSR count). The molecule has 1 atom stereocenters. The highest BCUT2D eigenvalue weighted by molar-refractivity contribution is 5.90. The molecule has 0 aliphatic carbocycles. The number of amides is 2. The summed E-state index contributed by atoms with van der Waals surface area (Å²) in [6.07, 6.45) is 1.98. The number of anilines is 2. The van der Waals surface area contributed by atoms with Gasteiger partial charge in [-0.3, -0.25) is 5.32 Å². The predicted octanol–water partition coefficient (Wildman–Crippen LogP) is 4.85. The molecule has 1 saturated heterocycles. The van der Waals surface area contributed by atoms with Gasteiger partial charge in [-0.05, 0) is 60.5 Å². The molecule has 2 amide bonds. The second-order valence-electron chi connectivity index (χ2n) is 9.04. The summed E-state index contributed by atoms with van der Waals surface area (Å²) < 4.78 is 13.7. The van der Waals surface area contributed by atoms with Crippen LogP contribution in [0.1, 0.15) is 17.2 Å². The molecule has 0 saturated carbocycles. The molecule has 0 spiro atoms. The van der Waals surface area contributed by atoms with Gasteiger partial charge in [0.2, 0.25) is 5.96 Å². The minimum atomic E-state index is -0.391. The Morgan fingerprint density at radius 2 is 1.76 bits per heavy atom. The lowest BCUT2D eigenvalue weighted by molar-refractivity contribution is 0.135. The zero-order valence-electron chi connectivity index (χ0n) is 21.1. The van der Waals surface area contributed by atoms with Crippen molar-refractivity contribution in [3.05, 3.63) is 89.7 Å². The number of hydrogen-bond donors (Lipinski definition) is 2. The van der Waals surface area contributed by atoms with Crippen molar-refractivity contribution < 1.29 is 9.18 Å². The molecule has 2 N–H and O–H groups in total. The van der Waals surface area contributed by atoms with E-state index in [4.69, 9.17) is 4.99 Å². The summed E-state index contributed by atoms with van der Waals surface area (Å²) in [6, 6.07) is 20.8. The van der Waals surface area contributed by atoms with Crippen LogP contribution >= 0.6 is 0 Å². The lowest BCUT2D eigenvalue weighted by Gasteiger charge is -2.42. The summed E-state index contributed by atoms with van der Waals surface area (Å²) >= 11 is 0. The molecule has 1 aliphatic rings. The highest BCUT2D eigenvalue weighted by atomic mass is 19.1. The Bertz CT molecular complexity index is 1300. The quantitative estimate of drug-likeness (QED) is 0.232. The number of hydrogen-bond acceptors (Lipinski definition) is 4. The maximum absolute atomic E-state index is 13.7. The Balaban J connectivity index is 1.60. The number of benzene rings is 3. The largest absolute Gasteiger partial charge is 0.378 e. The lowest BCUT2D eigenvalue weighted by Crippen LogP contribution is -2.55. The van der Waals surface area contributed by atoms with Crippen LogP contribution in [-0.4, -0.2) is 55.5 Å². The highest BCUT2D eigenvalue weighted by Crippen LogP contribution is 2.28. The van der Waals surface area contributed by atoms with Crippen molar-refractivity contribution in [1.29, 1.82) is 5.26 Å². The van der Waals surface area contributed by atoms with Crippen LogP contribution in [0.25, 0.3) is 0 Å². The van der Waals surface area contributed by atoms with Gasteiger partial charge in [0.1, 0.15) is 5.82 Å². The van der Waals surface area contributed by atoms with Crippen LogP contribution in [0.3, 0.4) is 0 Å². The molecule has 8 nitrogen and oxygen atoms in total. The number of aryl methyl sites for hydroxylation is 1. The normalized spacial score (nSPS) is 15.6. The summed E-state index contributed by atoms with van der Waals surface area (Å²) in [5, 5.41) is 15.1. The molecule has 1 aliphatic heterocycles. The number of aliphatic imine (C=N–C) groups is 1. The van der Waals surface area contributed by atoms with Gasteiger partial charge in [0.05, 0.1) is 11.7 Å². The van der Waals surface area contributed by atoms with Crippen LogP contribution in [0.2, 0.25) is 0 Å². The molecule has 190 valence electrons. The predicted molar refractivity (Wildman–Crippen MR) is 144 cm³/mol. The molecule has 0 aromatic heterocycles. The smallest absolute Gasteiger partial charge is 0.322 e. The topological polar surface area (TPSA) is 87.0 Å². The highest BCUT2D eigenvalue weighted by Gasteiger charge is 2.33. The van der Waals surface area contributed by atoms with Crippen molar-refractivity contribution in [3.8, 4) is 6.19 Å². The molecule has 3 aromatic rings. The monoisotopic (exact) mass is 499 g/mol. The number of guanidine groups is 1. The van der Waals surface area contributed by atoms with E-state index in [-0.39, 0.29) is 11.8 Å². The molecule has 0 bridgehead atoms. The molecule has 3 aromatic carbocycles. The van der Waals surface area contributed by atoms with Crippen LogP contribution < -0.4 is 15.5 Å². The third-order valence-corrected chi connectivity index (χ3v) is 6.34. The average molecular weight is 500 g/mol. The SMILES string of the molecule is Cc1ccccc1N=C(NC#N)N1CCN(C(=O)Nc2ccc(N(C)C)cc2)C(c2ccc(F)cc2)C1. The van der Waals surface area contributed by atoms with E-state index in [0.29, 0.717) is 31.3 Å². The Labute approximate surface area is 216 Å². The number of nitrogens with one attached hydrogen (secondary N) is 2. The lowest BCUT2D eigenvalue weighted by atomic mass is 10.0. The van der Waals surface area contributed by atoms with Gasteiger partial charge in [0.15, 0.2) is 6.19 Å². The van der Waals surface area contributed by atoms with Crippen molar-refractivity contribution in [1.82, 2.24) is 15.1 Å². The minimum absolute atomic E-state index is 0.253. The summed E-state index contributed by atoms with van der Waals surface area (Å²) in [5.74, 6) is 0.0598. The maximum Gasteiger partial charge on any atom is 0.322 e. The summed E-state index contributed by atoms with van der Waals surface area (Å²) in [4.78, 5) is 23.8. The first-order chi connectivity index (χ1) is 17.9. The van der Waals surface area contributed by atoms with Gasteiger partial charge in [0.25, 0.3) is 0 Å². The number of carbonyl (C=O) groups is 1. The van der Waals surface area contributed by atoms with E-state index in [9.17, 15) is 14.4 Å². The van der Waals surface area contributed by atoms with Crippen LogP contribution in [0.5, 0.6) is 0 Å². The standard InChI is InChI=1S/C28H30FN7O/c1-20-6-4-5-7-25(20)33-27(31-19-30)35-16-17-36(26(18-35)21-8-10-22(29)11-9-21)28(37)32-23-12-14-24(15-13-23)34(2)3/h4-15,26H,16-18H2,1-3H3,(H,31,33)(H,32,37). The van der Waals surface area contributed by atoms with E-state index >= 15 is 0 Å². The van der Waals surface area contributed by atoms with Gasteiger partial charge < -0.3 is 20.0 Å². The molecular formula is C28H30FN7O. The maximum atomic E-state index is 13.7. The number of halogens is 1. The summed E-state index contributed by atoms with van der Waals surface area (Å²) in [7, 11) is 3.91. The molecular weight excluding hydrogens is 469 g/mol. The summed E-state index contributed by atoms with van der Waals surface area (Å²) in [5.41, 5.74) is 4.23. The summed E-state index contributed by atoms with van der Waals surface area (Å²) in [6.45, 7) is 3.17. The van der Waals surface area contributed by atoms with Crippen LogP contribution in [0, 0.1) is 24.2 Å². The van der Waals surface area contributed by atoms with E-state index in [2.05, 4.69) is 10.6 Å². The van der Waals surface area contributed by atoms with Gasteiger partial charge in [-0.15, -0.1) is 0 Å². The number of urea groups is 1. The number of carbonyl (C=O) groups excluding carboxylic acids is 1. The van der Waals surface area contributed by atoms with Crippen molar-refractivity contribution in [2.24, 2.45) is 4.99 Å². The number of nitrogens with zero attached hydrogens (tertiary/aromatic N) is 5. The fourth-order valence-corrected chi connectivity index (χ4v) is 4.26. The number of rotatable bonds is 4. The van der Waals surface area contributed by atoms with E-state index in [1.165, 1.54) is 12.1 Å². The first-order valence-corrected chi connectivity index (χ1v) is 12.0. The fourth-order valence-electron chi connectivity index (χ4n) is 4.26. The number of nitriles is 1. The van der Waals surface area contributed by atoms with Gasteiger partial charge in [-0.25, -0.2) is 14.2 Å². The van der Waals surface area contributed by atoms with Crippen LogP contribution in [0.15, 0.2) is 77.8 Å².